The van der Waals surface area contributed by atoms with Gasteiger partial charge in [0.1, 0.15) is 0 Å². The van der Waals surface area contributed by atoms with Crippen LogP contribution in [0.15, 0.2) is 12.5 Å². The molecule has 0 saturated heterocycles. The van der Waals surface area contributed by atoms with Gasteiger partial charge in [0.05, 0.1) is 12.0 Å². The highest BCUT2D eigenvalue weighted by Gasteiger charge is 2.34. The van der Waals surface area contributed by atoms with Crippen LogP contribution in [0.3, 0.4) is 0 Å². The van der Waals surface area contributed by atoms with E-state index in [1.165, 1.54) is 37.8 Å². The minimum Gasteiger partial charge on any atom is -0.333 e. The number of hydrogen-bond acceptors (Lipinski definition) is 2. The van der Waals surface area contributed by atoms with Crippen LogP contribution in [0.1, 0.15) is 51.6 Å². The second-order valence-electron chi connectivity index (χ2n) is 6.35. The molecule has 0 bridgehead atoms. The fourth-order valence-corrected chi connectivity index (χ4v) is 3.60. The smallest absolute Gasteiger partial charge is 0.0948 e. The number of aromatic nitrogens is 2. The fourth-order valence-electron chi connectivity index (χ4n) is 3.60. The summed E-state index contributed by atoms with van der Waals surface area (Å²) in [6.07, 6.45) is 10.9. The van der Waals surface area contributed by atoms with Crippen LogP contribution in [0, 0.1) is 11.3 Å². The Balaban J connectivity index is 2.10. The standard InChI is InChI=1S/C15H27N3/c1-13(2)8-15(6-4-5-7-15)11-18-12-17-10-14(18)9-16-3/h10,12-13,16H,4-9,11H2,1-3H3. The molecule has 3 heteroatoms. The summed E-state index contributed by atoms with van der Waals surface area (Å²) in [4.78, 5) is 4.32. The zero-order valence-electron chi connectivity index (χ0n) is 12.1. The van der Waals surface area contributed by atoms with Gasteiger partial charge in [-0.05, 0) is 37.6 Å². The Hall–Kier alpha value is -0.830. The third-order valence-electron chi connectivity index (χ3n) is 4.17. The van der Waals surface area contributed by atoms with Crippen molar-refractivity contribution in [3.05, 3.63) is 18.2 Å². The topological polar surface area (TPSA) is 29.9 Å². The lowest BCUT2D eigenvalue weighted by molar-refractivity contribution is 0.195. The van der Waals surface area contributed by atoms with Crippen LogP contribution < -0.4 is 5.32 Å². The Labute approximate surface area is 111 Å². The van der Waals surface area contributed by atoms with Crippen molar-refractivity contribution in [1.29, 1.82) is 0 Å². The first-order chi connectivity index (χ1) is 8.65. The number of nitrogens with one attached hydrogen (secondary N) is 1. The van der Waals surface area contributed by atoms with Gasteiger partial charge in [0.2, 0.25) is 0 Å². The summed E-state index contributed by atoms with van der Waals surface area (Å²) in [5.74, 6) is 0.791. The molecule has 0 unspecified atom stereocenters. The van der Waals surface area contributed by atoms with Crippen LogP contribution in [-0.4, -0.2) is 16.6 Å². The molecular weight excluding hydrogens is 222 g/mol. The average Bonchev–Trinajstić information content (AvgIpc) is 2.90. The summed E-state index contributed by atoms with van der Waals surface area (Å²) in [6, 6.07) is 0. The van der Waals surface area contributed by atoms with E-state index in [0.29, 0.717) is 5.41 Å². The van der Waals surface area contributed by atoms with Gasteiger partial charge < -0.3 is 9.88 Å². The lowest BCUT2D eigenvalue weighted by Gasteiger charge is -2.32. The first-order valence-corrected chi connectivity index (χ1v) is 7.29. The Bertz CT molecular complexity index is 362. The third kappa shape index (κ3) is 3.14. The molecular formula is C15H27N3. The van der Waals surface area contributed by atoms with Gasteiger partial charge >= 0.3 is 0 Å². The van der Waals surface area contributed by atoms with Gasteiger partial charge in [-0.2, -0.15) is 0 Å². The number of nitrogens with zero attached hydrogens (tertiary/aromatic N) is 2. The van der Waals surface area contributed by atoms with E-state index < -0.39 is 0 Å². The molecule has 0 amide bonds. The fraction of sp³-hybridized carbons (Fsp3) is 0.800. The highest BCUT2D eigenvalue weighted by molar-refractivity contribution is 5.00. The predicted molar refractivity (Wildman–Crippen MR) is 75.3 cm³/mol. The first kappa shape index (κ1) is 13.6. The minimum atomic E-state index is 0.525. The SMILES string of the molecule is CNCc1cncn1CC1(CC(C)C)CCCC1. The number of imidazole rings is 1. The highest BCUT2D eigenvalue weighted by atomic mass is 15.1. The molecule has 18 heavy (non-hydrogen) atoms. The lowest BCUT2D eigenvalue weighted by Crippen LogP contribution is -2.26. The highest BCUT2D eigenvalue weighted by Crippen LogP contribution is 2.44. The van der Waals surface area contributed by atoms with Crippen molar-refractivity contribution in [3.63, 3.8) is 0 Å². The quantitative estimate of drug-likeness (QED) is 0.839. The molecule has 1 fully saturated rings. The van der Waals surface area contributed by atoms with Crippen LogP contribution in [-0.2, 0) is 13.1 Å². The van der Waals surface area contributed by atoms with E-state index in [-0.39, 0.29) is 0 Å². The zero-order valence-corrected chi connectivity index (χ0v) is 12.1. The molecule has 0 atom stereocenters. The van der Waals surface area contributed by atoms with E-state index in [0.717, 1.165) is 19.0 Å². The molecule has 0 aromatic carbocycles. The van der Waals surface area contributed by atoms with E-state index in [9.17, 15) is 0 Å². The van der Waals surface area contributed by atoms with Crippen LogP contribution in [0.25, 0.3) is 0 Å². The maximum absolute atomic E-state index is 4.32. The number of rotatable bonds is 6. The second kappa shape index (κ2) is 5.87. The van der Waals surface area contributed by atoms with Crippen LogP contribution in [0.5, 0.6) is 0 Å². The van der Waals surface area contributed by atoms with Gasteiger partial charge in [-0.3, -0.25) is 0 Å². The molecule has 102 valence electrons. The summed E-state index contributed by atoms with van der Waals surface area (Å²) in [5, 5.41) is 3.23. The largest absolute Gasteiger partial charge is 0.333 e. The summed E-state index contributed by atoms with van der Waals surface area (Å²) in [5.41, 5.74) is 1.84. The molecule has 2 rings (SSSR count). The zero-order chi connectivity index (χ0) is 13.0. The van der Waals surface area contributed by atoms with Crippen molar-refractivity contribution >= 4 is 0 Å². The van der Waals surface area contributed by atoms with Crippen molar-refractivity contribution in [2.24, 2.45) is 11.3 Å². The van der Waals surface area contributed by atoms with Gasteiger partial charge in [0.15, 0.2) is 0 Å². The molecule has 1 heterocycles. The Morgan fingerprint density at radius 2 is 2.11 bits per heavy atom. The Kier molecular flexibility index (Phi) is 4.44. The van der Waals surface area contributed by atoms with Gasteiger partial charge in [0, 0.05) is 19.3 Å². The van der Waals surface area contributed by atoms with Gasteiger partial charge in [0.25, 0.3) is 0 Å². The van der Waals surface area contributed by atoms with E-state index in [2.05, 4.69) is 28.7 Å². The molecule has 0 spiro atoms. The van der Waals surface area contributed by atoms with Crippen molar-refractivity contribution in [1.82, 2.24) is 14.9 Å². The summed E-state index contributed by atoms with van der Waals surface area (Å²) in [6.45, 7) is 6.77. The normalized spacial score (nSPS) is 18.7. The first-order valence-electron chi connectivity index (χ1n) is 7.29. The van der Waals surface area contributed by atoms with Crippen molar-refractivity contribution < 1.29 is 0 Å². The summed E-state index contributed by atoms with van der Waals surface area (Å²) in [7, 11) is 2.00. The molecule has 1 N–H and O–H groups in total. The Morgan fingerprint density at radius 3 is 2.72 bits per heavy atom. The van der Waals surface area contributed by atoms with Crippen LogP contribution in [0.4, 0.5) is 0 Å². The van der Waals surface area contributed by atoms with Crippen LogP contribution >= 0.6 is 0 Å². The second-order valence-corrected chi connectivity index (χ2v) is 6.35. The molecule has 1 aliphatic rings. The molecule has 1 aromatic heterocycles. The molecule has 0 radical (unpaired) electrons. The van der Waals surface area contributed by atoms with Gasteiger partial charge in [-0.25, -0.2) is 4.98 Å². The van der Waals surface area contributed by atoms with Crippen molar-refractivity contribution in [2.75, 3.05) is 7.05 Å². The van der Waals surface area contributed by atoms with Crippen molar-refractivity contribution in [3.8, 4) is 0 Å². The lowest BCUT2D eigenvalue weighted by atomic mass is 9.78. The van der Waals surface area contributed by atoms with Gasteiger partial charge in [-0.1, -0.05) is 26.7 Å². The summed E-state index contributed by atoms with van der Waals surface area (Å²) >= 11 is 0. The van der Waals surface area contributed by atoms with Gasteiger partial charge in [-0.15, -0.1) is 0 Å². The molecule has 1 saturated carbocycles. The Morgan fingerprint density at radius 1 is 1.39 bits per heavy atom. The minimum absolute atomic E-state index is 0.525. The molecule has 1 aliphatic carbocycles. The van der Waals surface area contributed by atoms with E-state index >= 15 is 0 Å². The van der Waals surface area contributed by atoms with Crippen molar-refractivity contribution in [2.45, 2.75) is 59.0 Å². The predicted octanol–water partition coefficient (Wildman–Crippen LogP) is 3.21. The molecule has 3 nitrogen and oxygen atoms in total. The number of hydrogen-bond donors (Lipinski definition) is 1. The van der Waals surface area contributed by atoms with E-state index in [1.54, 1.807) is 0 Å². The van der Waals surface area contributed by atoms with E-state index in [1.807, 2.05) is 19.6 Å². The molecule has 1 aromatic rings. The average molecular weight is 249 g/mol. The monoisotopic (exact) mass is 249 g/mol. The van der Waals surface area contributed by atoms with E-state index in [4.69, 9.17) is 0 Å². The maximum Gasteiger partial charge on any atom is 0.0948 e. The maximum atomic E-state index is 4.32. The van der Waals surface area contributed by atoms with Crippen LogP contribution in [0.2, 0.25) is 0 Å². The summed E-state index contributed by atoms with van der Waals surface area (Å²) < 4.78 is 2.37. The molecule has 0 aliphatic heterocycles. The third-order valence-corrected chi connectivity index (χ3v) is 4.17.